The maximum absolute atomic E-state index is 3.28. The van der Waals surface area contributed by atoms with Crippen LogP contribution >= 0.6 is 67.8 Å². The highest BCUT2D eigenvalue weighted by atomic mass is 127. The van der Waals surface area contributed by atoms with E-state index in [4.69, 9.17) is 0 Å². The Bertz CT molecular complexity index is 1260. The van der Waals surface area contributed by atoms with Crippen molar-refractivity contribution in [1.82, 2.24) is 0 Å². The highest BCUT2D eigenvalue weighted by Gasteiger charge is 1.98. The summed E-state index contributed by atoms with van der Waals surface area (Å²) in [5.41, 5.74) is 5.64. The van der Waals surface area contributed by atoms with Gasteiger partial charge < -0.3 is 0 Å². The Balaban J connectivity index is 1.70. The van der Waals surface area contributed by atoms with Gasteiger partial charge in [-0.25, -0.2) is 0 Å². The van der Waals surface area contributed by atoms with E-state index in [2.05, 4.69) is 140 Å². The van der Waals surface area contributed by atoms with E-state index in [1.165, 1.54) is 10.7 Å². The van der Waals surface area contributed by atoms with E-state index < -0.39 is 0 Å². The molecule has 0 aliphatic heterocycles. The lowest BCUT2D eigenvalue weighted by atomic mass is 10.0. The zero-order valence-electron chi connectivity index (χ0n) is 17.3. The molecule has 156 valence electrons. The van der Waals surface area contributed by atoms with Crippen molar-refractivity contribution >= 4 is 67.8 Å². The summed E-state index contributed by atoms with van der Waals surface area (Å²) in [5, 5.41) is 0. The first-order valence-corrected chi connectivity index (χ1v) is 13.2. The van der Waals surface area contributed by atoms with Gasteiger partial charge in [-0.15, -0.1) is 0 Å². The zero-order valence-corrected chi connectivity index (χ0v) is 23.8. The molecule has 4 aromatic rings. The first-order chi connectivity index (χ1) is 16.0. The average molecular weight is 756 g/mol. The average Bonchev–Trinajstić information content (AvgIpc) is 2.83. The quantitative estimate of drug-likeness (QED) is 0.128. The SMILES string of the molecule is Ic1ccc(C#Cc2cc(C#Cc3ccc(I)cc3)cc(C#Cc3ccc(I)cc3)c2)cc1. The standard InChI is InChI=1S/C30H15I3/c31-28-13-7-22(8-14-28)1-4-25-19-26(5-2-23-9-15-29(32)16-10-23)21-27(20-25)6-3-24-11-17-30(33)18-12-24/h7-21H. The molecule has 0 fully saturated rings. The summed E-state index contributed by atoms with van der Waals surface area (Å²) in [4.78, 5) is 0. The van der Waals surface area contributed by atoms with Crippen LogP contribution in [0.1, 0.15) is 33.4 Å². The minimum atomic E-state index is 0.898. The number of rotatable bonds is 0. The van der Waals surface area contributed by atoms with E-state index in [1.54, 1.807) is 0 Å². The molecule has 33 heavy (non-hydrogen) atoms. The third kappa shape index (κ3) is 7.64. The van der Waals surface area contributed by atoms with E-state index in [1.807, 2.05) is 54.6 Å². The molecule has 0 aliphatic carbocycles. The lowest BCUT2D eigenvalue weighted by Gasteiger charge is -1.98. The second-order valence-corrected chi connectivity index (χ2v) is 10.8. The normalized spacial score (nSPS) is 9.55. The summed E-state index contributed by atoms with van der Waals surface area (Å²) in [5.74, 6) is 19.6. The van der Waals surface area contributed by atoms with Gasteiger partial charge in [0, 0.05) is 44.1 Å². The zero-order chi connectivity index (χ0) is 23.0. The van der Waals surface area contributed by atoms with Crippen LogP contribution in [0.3, 0.4) is 0 Å². The second kappa shape index (κ2) is 11.7. The molecular weight excluding hydrogens is 741 g/mol. The Kier molecular flexibility index (Phi) is 8.51. The lowest BCUT2D eigenvalue weighted by molar-refractivity contribution is 1.54. The largest absolute Gasteiger partial charge is 0.0617 e. The molecule has 0 N–H and O–H groups in total. The topological polar surface area (TPSA) is 0 Å². The van der Waals surface area contributed by atoms with Gasteiger partial charge in [-0.1, -0.05) is 35.5 Å². The fourth-order valence-electron chi connectivity index (χ4n) is 2.88. The Hall–Kier alpha value is -2.25. The summed E-state index contributed by atoms with van der Waals surface area (Å²) >= 11 is 6.89. The summed E-state index contributed by atoms with van der Waals surface area (Å²) in [6, 6.07) is 30.6. The molecule has 0 aliphatic rings. The Labute approximate surface area is 236 Å². The van der Waals surface area contributed by atoms with Crippen molar-refractivity contribution in [2.45, 2.75) is 0 Å². The van der Waals surface area contributed by atoms with Gasteiger partial charge in [0.25, 0.3) is 0 Å². The van der Waals surface area contributed by atoms with Crippen LogP contribution in [0.15, 0.2) is 91.0 Å². The molecule has 3 heteroatoms. The van der Waals surface area contributed by atoms with E-state index in [-0.39, 0.29) is 0 Å². The molecular formula is C30H15I3. The van der Waals surface area contributed by atoms with Crippen molar-refractivity contribution in [3.05, 3.63) is 135 Å². The van der Waals surface area contributed by atoms with Gasteiger partial charge >= 0.3 is 0 Å². The molecule has 0 radical (unpaired) electrons. The first kappa shape index (κ1) is 23.9. The van der Waals surface area contributed by atoms with Crippen molar-refractivity contribution in [2.24, 2.45) is 0 Å². The van der Waals surface area contributed by atoms with E-state index in [9.17, 15) is 0 Å². The van der Waals surface area contributed by atoms with Gasteiger partial charge in [-0.05, 0) is 159 Å². The molecule has 0 aromatic heterocycles. The Morgan fingerprint density at radius 3 is 0.758 bits per heavy atom. The molecule has 4 aromatic carbocycles. The number of hydrogen-bond donors (Lipinski definition) is 0. The minimum absolute atomic E-state index is 0.898. The summed E-state index contributed by atoms with van der Waals surface area (Å²) in [6.45, 7) is 0. The van der Waals surface area contributed by atoms with Crippen LogP contribution < -0.4 is 0 Å². The van der Waals surface area contributed by atoms with E-state index in [0.717, 1.165) is 33.4 Å². The molecule has 0 unspecified atom stereocenters. The van der Waals surface area contributed by atoms with Crippen molar-refractivity contribution in [3.63, 3.8) is 0 Å². The fraction of sp³-hybridized carbons (Fsp3) is 0. The van der Waals surface area contributed by atoms with Crippen LogP contribution in [-0.2, 0) is 0 Å². The maximum atomic E-state index is 3.28. The molecule has 0 bridgehead atoms. The molecule has 0 saturated carbocycles. The molecule has 0 spiro atoms. The monoisotopic (exact) mass is 756 g/mol. The van der Waals surface area contributed by atoms with E-state index >= 15 is 0 Å². The van der Waals surface area contributed by atoms with Crippen molar-refractivity contribution in [2.75, 3.05) is 0 Å². The smallest absolute Gasteiger partial charge is 0.0273 e. The number of benzene rings is 4. The van der Waals surface area contributed by atoms with Crippen LogP contribution in [0.5, 0.6) is 0 Å². The van der Waals surface area contributed by atoms with Gasteiger partial charge in [-0.2, -0.15) is 0 Å². The Morgan fingerprint density at radius 2 is 0.515 bits per heavy atom. The van der Waals surface area contributed by atoms with Gasteiger partial charge in [0.2, 0.25) is 0 Å². The minimum Gasteiger partial charge on any atom is -0.0617 e. The van der Waals surface area contributed by atoms with Gasteiger partial charge in [0.05, 0.1) is 0 Å². The summed E-state index contributed by atoms with van der Waals surface area (Å²) < 4.78 is 3.58. The molecule has 0 amide bonds. The van der Waals surface area contributed by atoms with Crippen molar-refractivity contribution in [3.8, 4) is 35.5 Å². The third-order valence-corrected chi connectivity index (χ3v) is 6.68. The van der Waals surface area contributed by atoms with Crippen molar-refractivity contribution < 1.29 is 0 Å². The molecule has 0 atom stereocenters. The highest BCUT2D eigenvalue weighted by Crippen LogP contribution is 2.12. The van der Waals surface area contributed by atoms with Crippen LogP contribution in [0.4, 0.5) is 0 Å². The van der Waals surface area contributed by atoms with Crippen LogP contribution in [-0.4, -0.2) is 0 Å². The molecule has 0 saturated heterocycles. The first-order valence-electron chi connectivity index (χ1n) is 10.0. The van der Waals surface area contributed by atoms with Gasteiger partial charge in [0.1, 0.15) is 0 Å². The molecule has 0 heterocycles. The van der Waals surface area contributed by atoms with Gasteiger partial charge in [0.15, 0.2) is 0 Å². The molecule has 4 rings (SSSR count). The number of hydrogen-bond acceptors (Lipinski definition) is 0. The van der Waals surface area contributed by atoms with Crippen LogP contribution in [0, 0.1) is 46.2 Å². The Morgan fingerprint density at radius 1 is 0.303 bits per heavy atom. The predicted octanol–water partition coefficient (Wildman–Crippen LogP) is 7.70. The third-order valence-electron chi connectivity index (χ3n) is 4.52. The van der Waals surface area contributed by atoms with Crippen molar-refractivity contribution in [1.29, 1.82) is 0 Å². The van der Waals surface area contributed by atoms with Gasteiger partial charge in [-0.3, -0.25) is 0 Å². The predicted molar refractivity (Wildman–Crippen MR) is 162 cm³/mol. The maximum Gasteiger partial charge on any atom is 0.0273 e. The summed E-state index contributed by atoms with van der Waals surface area (Å²) in [6.07, 6.45) is 0. The summed E-state index contributed by atoms with van der Waals surface area (Å²) in [7, 11) is 0. The lowest BCUT2D eigenvalue weighted by Crippen LogP contribution is -1.86. The fourth-order valence-corrected chi connectivity index (χ4v) is 3.96. The number of halogens is 3. The highest BCUT2D eigenvalue weighted by molar-refractivity contribution is 14.1. The van der Waals surface area contributed by atoms with Crippen LogP contribution in [0.2, 0.25) is 0 Å². The van der Waals surface area contributed by atoms with E-state index in [0.29, 0.717) is 0 Å². The van der Waals surface area contributed by atoms with Crippen LogP contribution in [0.25, 0.3) is 0 Å². The second-order valence-electron chi connectivity index (χ2n) is 7.07. The molecule has 0 nitrogen and oxygen atoms in total.